The standard InChI is InChI=1S/C18H18ClN5O3/c1-11-17(21-18(27)15-7-8-20-24(15)10-16(25)26)12(2)23(22-11)9-13-5-3-4-6-14(13)19/h3-8H,9-10H2,1-2H3,(H,21,27)(H,25,26). The SMILES string of the molecule is Cc1nn(Cc2ccccc2Cl)c(C)c1NC(=O)c1ccnn1CC(=O)O. The van der Waals surface area contributed by atoms with Gasteiger partial charge < -0.3 is 10.4 Å². The van der Waals surface area contributed by atoms with E-state index in [0.717, 1.165) is 15.9 Å². The summed E-state index contributed by atoms with van der Waals surface area (Å²) in [5.74, 6) is -1.52. The Kier molecular flexibility index (Phi) is 5.27. The van der Waals surface area contributed by atoms with Gasteiger partial charge in [-0.25, -0.2) is 4.68 Å². The lowest BCUT2D eigenvalue weighted by Gasteiger charge is -2.09. The fourth-order valence-electron chi connectivity index (χ4n) is 2.78. The van der Waals surface area contributed by atoms with E-state index in [1.165, 1.54) is 12.3 Å². The zero-order valence-electron chi connectivity index (χ0n) is 14.8. The van der Waals surface area contributed by atoms with Gasteiger partial charge in [-0.15, -0.1) is 0 Å². The summed E-state index contributed by atoms with van der Waals surface area (Å²) in [7, 11) is 0. The van der Waals surface area contributed by atoms with Crippen LogP contribution < -0.4 is 5.32 Å². The van der Waals surface area contributed by atoms with Gasteiger partial charge in [0.05, 0.1) is 23.6 Å². The van der Waals surface area contributed by atoms with Crippen LogP contribution in [0.4, 0.5) is 5.69 Å². The zero-order chi connectivity index (χ0) is 19.6. The van der Waals surface area contributed by atoms with Gasteiger partial charge in [0.15, 0.2) is 0 Å². The van der Waals surface area contributed by atoms with Crippen molar-refractivity contribution in [2.45, 2.75) is 26.9 Å². The minimum absolute atomic E-state index is 0.162. The average molecular weight is 388 g/mol. The molecule has 0 saturated heterocycles. The summed E-state index contributed by atoms with van der Waals surface area (Å²) in [5, 5.41) is 20.7. The highest BCUT2D eigenvalue weighted by atomic mass is 35.5. The van der Waals surface area contributed by atoms with Gasteiger partial charge in [0, 0.05) is 11.2 Å². The first-order valence-corrected chi connectivity index (χ1v) is 8.57. The van der Waals surface area contributed by atoms with Crippen LogP contribution >= 0.6 is 11.6 Å². The number of hydrogen-bond donors (Lipinski definition) is 2. The van der Waals surface area contributed by atoms with E-state index in [4.69, 9.17) is 16.7 Å². The van der Waals surface area contributed by atoms with E-state index in [1.807, 2.05) is 31.2 Å². The Balaban J connectivity index is 1.83. The Bertz CT molecular complexity index is 1010. The molecule has 8 nitrogen and oxygen atoms in total. The van der Waals surface area contributed by atoms with Crippen LogP contribution in [0.5, 0.6) is 0 Å². The second-order valence-corrected chi connectivity index (χ2v) is 6.42. The van der Waals surface area contributed by atoms with Crippen LogP contribution in [0.15, 0.2) is 36.5 Å². The molecule has 1 amide bonds. The number of aromatic nitrogens is 4. The zero-order valence-corrected chi connectivity index (χ0v) is 15.6. The number of amides is 1. The molecule has 140 valence electrons. The summed E-state index contributed by atoms with van der Waals surface area (Å²) in [5.41, 5.74) is 3.08. The van der Waals surface area contributed by atoms with Gasteiger partial charge in [-0.1, -0.05) is 29.8 Å². The normalized spacial score (nSPS) is 10.8. The smallest absolute Gasteiger partial charge is 0.325 e. The van der Waals surface area contributed by atoms with E-state index >= 15 is 0 Å². The molecular weight excluding hydrogens is 370 g/mol. The molecule has 0 aliphatic rings. The van der Waals surface area contributed by atoms with Gasteiger partial charge in [0.25, 0.3) is 5.91 Å². The van der Waals surface area contributed by atoms with Crippen LogP contribution in [0.3, 0.4) is 0 Å². The van der Waals surface area contributed by atoms with Crippen molar-refractivity contribution >= 4 is 29.2 Å². The number of aryl methyl sites for hydroxylation is 1. The monoisotopic (exact) mass is 387 g/mol. The lowest BCUT2D eigenvalue weighted by molar-refractivity contribution is -0.137. The molecular formula is C18H18ClN5O3. The third-order valence-electron chi connectivity index (χ3n) is 4.13. The van der Waals surface area contributed by atoms with Crippen LogP contribution in [-0.4, -0.2) is 36.5 Å². The molecule has 27 heavy (non-hydrogen) atoms. The lowest BCUT2D eigenvalue weighted by Crippen LogP contribution is -2.21. The first kappa shape index (κ1) is 18.7. The summed E-state index contributed by atoms with van der Waals surface area (Å²) in [6.07, 6.45) is 1.39. The van der Waals surface area contributed by atoms with Crippen LogP contribution in [-0.2, 0) is 17.9 Å². The third kappa shape index (κ3) is 4.01. The molecule has 0 atom stereocenters. The highest BCUT2D eigenvalue weighted by molar-refractivity contribution is 6.31. The number of carbonyl (C=O) groups is 2. The predicted octanol–water partition coefficient (Wildman–Crippen LogP) is 2.74. The van der Waals surface area contributed by atoms with Crippen molar-refractivity contribution in [3.63, 3.8) is 0 Å². The number of halogens is 1. The molecule has 9 heteroatoms. The number of benzene rings is 1. The van der Waals surface area contributed by atoms with Gasteiger partial charge in [-0.3, -0.25) is 14.3 Å². The third-order valence-corrected chi connectivity index (χ3v) is 4.50. The van der Waals surface area contributed by atoms with E-state index in [2.05, 4.69) is 15.5 Å². The first-order chi connectivity index (χ1) is 12.9. The molecule has 2 heterocycles. The maximum atomic E-state index is 12.6. The van der Waals surface area contributed by atoms with Crippen molar-refractivity contribution in [2.75, 3.05) is 5.32 Å². The summed E-state index contributed by atoms with van der Waals surface area (Å²) in [6, 6.07) is 8.96. The number of aliphatic carboxylic acids is 1. The minimum Gasteiger partial charge on any atom is -0.480 e. The van der Waals surface area contributed by atoms with Gasteiger partial charge in [-0.2, -0.15) is 10.2 Å². The molecule has 3 aromatic rings. The molecule has 2 aromatic heterocycles. The van der Waals surface area contributed by atoms with Crippen LogP contribution in [0.2, 0.25) is 5.02 Å². The topological polar surface area (TPSA) is 102 Å². The Morgan fingerprint density at radius 1 is 1.19 bits per heavy atom. The Hall–Kier alpha value is -3.13. The quantitative estimate of drug-likeness (QED) is 0.677. The summed E-state index contributed by atoms with van der Waals surface area (Å²) < 4.78 is 2.90. The van der Waals surface area contributed by atoms with Crippen LogP contribution in [0.25, 0.3) is 0 Å². The maximum Gasteiger partial charge on any atom is 0.325 e. The fraction of sp³-hybridized carbons (Fsp3) is 0.222. The number of nitrogens with zero attached hydrogens (tertiary/aromatic N) is 4. The Labute approximate surface area is 160 Å². The van der Waals surface area contributed by atoms with E-state index < -0.39 is 11.9 Å². The van der Waals surface area contributed by atoms with E-state index in [-0.39, 0.29) is 12.2 Å². The van der Waals surface area contributed by atoms with Crippen molar-refractivity contribution in [3.8, 4) is 0 Å². The van der Waals surface area contributed by atoms with Crippen molar-refractivity contribution in [3.05, 3.63) is 64.2 Å². The molecule has 0 bridgehead atoms. The number of nitrogens with one attached hydrogen (secondary N) is 1. The molecule has 0 unspecified atom stereocenters. The van der Waals surface area contributed by atoms with Crippen molar-refractivity contribution < 1.29 is 14.7 Å². The van der Waals surface area contributed by atoms with E-state index in [9.17, 15) is 9.59 Å². The van der Waals surface area contributed by atoms with Gasteiger partial charge in [0.2, 0.25) is 0 Å². The van der Waals surface area contributed by atoms with E-state index in [1.54, 1.807) is 11.6 Å². The van der Waals surface area contributed by atoms with Gasteiger partial charge in [0.1, 0.15) is 12.2 Å². The number of carboxylic acids is 1. The van der Waals surface area contributed by atoms with Gasteiger partial charge in [-0.05, 0) is 31.5 Å². The fourth-order valence-corrected chi connectivity index (χ4v) is 2.97. The number of rotatable bonds is 6. The van der Waals surface area contributed by atoms with Crippen LogP contribution in [0, 0.1) is 13.8 Å². The molecule has 0 fully saturated rings. The number of carboxylic acid groups (broad SMARTS) is 1. The average Bonchev–Trinajstić information content (AvgIpc) is 3.16. The molecule has 0 aliphatic heterocycles. The highest BCUT2D eigenvalue weighted by Crippen LogP contribution is 2.23. The Morgan fingerprint density at radius 3 is 2.63 bits per heavy atom. The van der Waals surface area contributed by atoms with E-state index in [0.29, 0.717) is 22.9 Å². The van der Waals surface area contributed by atoms with Gasteiger partial charge >= 0.3 is 5.97 Å². The molecule has 1 aromatic carbocycles. The second-order valence-electron chi connectivity index (χ2n) is 6.02. The summed E-state index contributed by atoms with van der Waals surface area (Å²) in [4.78, 5) is 23.5. The number of carbonyl (C=O) groups excluding carboxylic acids is 1. The first-order valence-electron chi connectivity index (χ1n) is 8.19. The van der Waals surface area contributed by atoms with Crippen molar-refractivity contribution in [2.24, 2.45) is 0 Å². The minimum atomic E-state index is -1.08. The van der Waals surface area contributed by atoms with Crippen molar-refractivity contribution in [1.82, 2.24) is 19.6 Å². The predicted molar refractivity (Wildman–Crippen MR) is 100 cm³/mol. The molecule has 2 N–H and O–H groups in total. The summed E-state index contributed by atoms with van der Waals surface area (Å²) in [6.45, 7) is 3.72. The molecule has 0 saturated carbocycles. The number of anilines is 1. The largest absolute Gasteiger partial charge is 0.480 e. The second kappa shape index (κ2) is 7.63. The summed E-state index contributed by atoms with van der Waals surface area (Å²) >= 11 is 6.22. The molecule has 0 spiro atoms. The lowest BCUT2D eigenvalue weighted by atomic mass is 10.2. The highest BCUT2D eigenvalue weighted by Gasteiger charge is 2.19. The Morgan fingerprint density at radius 2 is 1.93 bits per heavy atom. The van der Waals surface area contributed by atoms with Crippen molar-refractivity contribution in [1.29, 1.82) is 0 Å². The molecule has 3 rings (SSSR count). The molecule has 0 radical (unpaired) electrons. The molecule has 0 aliphatic carbocycles. The number of hydrogen-bond acceptors (Lipinski definition) is 4. The maximum absolute atomic E-state index is 12.6. The van der Waals surface area contributed by atoms with Crippen LogP contribution in [0.1, 0.15) is 27.4 Å².